The van der Waals surface area contributed by atoms with Gasteiger partial charge in [0.25, 0.3) is 22.4 Å². The number of fused-ring (bicyclic) bond motifs is 1. The summed E-state index contributed by atoms with van der Waals surface area (Å²) in [6.45, 7) is 0. The molecule has 0 radical (unpaired) electrons. The maximum atomic E-state index is 12.3. The highest BCUT2D eigenvalue weighted by atomic mass is 16.6. The monoisotopic (exact) mass is 330 g/mol. The first-order chi connectivity index (χ1) is 11.3. The van der Waals surface area contributed by atoms with Crippen molar-refractivity contribution < 1.29 is 23.9 Å². The first-order valence-electron chi connectivity index (χ1n) is 6.57. The van der Waals surface area contributed by atoms with E-state index in [0.717, 1.165) is 0 Å². The first-order valence-corrected chi connectivity index (χ1v) is 6.57. The van der Waals surface area contributed by atoms with E-state index in [9.17, 15) is 33.6 Å². The van der Waals surface area contributed by atoms with Gasteiger partial charge in [-0.05, 0) is 6.08 Å². The second kappa shape index (κ2) is 5.30. The van der Waals surface area contributed by atoms with Crippen LogP contribution in [-0.2, 0) is 14.3 Å². The number of ketones is 2. The largest absolute Gasteiger partial charge is 0.467 e. The Labute approximate surface area is 131 Å². The van der Waals surface area contributed by atoms with Crippen molar-refractivity contribution in [1.82, 2.24) is 0 Å². The van der Waals surface area contributed by atoms with Crippen molar-refractivity contribution in [3.8, 4) is 5.75 Å². The zero-order chi connectivity index (χ0) is 17.6. The van der Waals surface area contributed by atoms with Gasteiger partial charge < -0.3 is 9.47 Å². The van der Waals surface area contributed by atoms with Crippen molar-refractivity contribution in [2.75, 3.05) is 0 Å². The summed E-state index contributed by atoms with van der Waals surface area (Å²) >= 11 is 0. The number of Topliss-reactive ketones (excluding diaryl/α,β-unsaturated/α-hetero) is 2. The molecule has 1 aromatic rings. The van der Waals surface area contributed by atoms with Crippen molar-refractivity contribution in [1.29, 1.82) is 0 Å². The number of hydrogen-bond acceptors (Lipinski definition) is 9. The molecule has 1 heterocycles. The van der Waals surface area contributed by atoms with Crippen molar-refractivity contribution in [3.63, 3.8) is 0 Å². The van der Waals surface area contributed by atoms with Gasteiger partial charge in [-0.3, -0.25) is 28.8 Å². The van der Waals surface area contributed by atoms with Crippen molar-refractivity contribution in [2.45, 2.75) is 12.5 Å². The Bertz CT molecular complexity index is 1060. The Morgan fingerprint density at radius 2 is 1.58 bits per heavy atom. The van der Waals surface area contributed by atoms with E-state index >= 15 is 0 Å². The van der Waals surface area contributed by atoms with E-state index in [1.165, 1.54) is 18.2 Å². The SMILES string of the molecule is O=C1CC=CC=C1O[C@H]1C(=O)Oc2c(c(=O)c(=O)c(=O)c2=O)C1=O. The molecule has 0 spiro atoms. The number of rotatable bonds is 2. The van der Waals surface area contributed by atoms with Crippen LogP contribution in [0.1, 0.15) is 16.8 Å². The lowest BCUT2D eigenvalue weighted by Crippen LogP contribution is -2.54. The molecule has 0 amide bonds. The van der Waals surface area contributed by atoms with Crippen LogP contribution in [-0.4, -0.2) is 23.6 Å². The molecule has 1 atom stereocenters. The molecule has 2 aliphatic rings. The first kappa shape index (κ1) is 15.4. The van der Waals surface area contributed by atoms with Crippen LogP contribution in [0.5, 0.6) is 5.75 Å². The van der Waals surface area contributed by atoms with Gasteiger partial charge in [0.1, 0.15) is 5.56 Å². The van der Waals surface area contributed by atoms with Gasteiger partial charge in [0.2, 0.25) is 17.0 Å². The van der Waals surface area contributed by atoms with E-state index in [4.69, 9.17) is 4.74 Å². The maximum Gasteiger partial charge on any atom is 0.361 e. The zero-order valence-corrected chi connectivity index (χ0v) is 11.7. The number of allylic oxidation sites excluding steroid dienone is 4. The molecule has 9 heteroatoms. The lowest BCUT2D eigenvalue weighted by atomic mass is 10.0. The number of ether oxygens (including phenoxy) is 2. The van der Waals surface area contributed by atoms with E-state index in [2.05, 4.69) is 4.74 Å². The topological polar surface area (TPSA) is 138 Å². The highest BCUT2D eigenvalue weighted by Gasteiger charge is 2.43. The summed E-state index contributed by atoms with van der Waals surface area (Å²) in [4.78, 5) is 81.9. The lowest BCUT2D eigenvalue weighted by molar-refractivity contribution is -0.143. The van der Waals surface area contributed by atoms with E-state index in [1.807, 2.05) is 0 Å². The Balaban J connectivity index is 2.12. The molecular weight excluding hydrogens is 324 g/mol. The standard InChI is InChI=1S/C15H6O9/c16-5-3-1-2-4-6(5)23-14-9(18)7-8(17)10(19)11(20)12(21)13(7)24-15(14)22/h1-2,4,14H,3H2/t14-/m1/s1. The van der Waals surface area contributed by atoms with Gasteiger partial charge in [0.05, 0.1) is 0 Å². The van der Waals surface area contributed by atoms with Gasteiger partial charge in [-0.1, -0.05) is 12.2 Å². The summed E-state index contributed by atoms with van der Waals surface area (Å²) < 4.78 is 9.55. The second-order valence-corrected chi connectivity index (χ2v) is 4.89. The number of carbonyl (C=O) groups is 3. The Hall–Kier alpha value is -3.49. The molecule has 1 aliphatic heterocycles. The summed E-state index contributed by atoms with van der Waals surface area (Å²) in [5, 5.41) is 0. The molecule has 0 aromatic heterocycles. The predicted octanol–water partition coefficient (Wildman–Crippen LogP) is -2.10. The van der Waals surface area contributed by atoms with Gasteiger partial charge in [-0.25, -0.2) is 4.79 Å². The third kappa shape index (κ3) is 2.14. The molecule has 1 aromatic carbocycles. The Kier molecular flexibility index (Phi) is 3.40. The fraction of sp³-hybridized carbons (Fsp3) is 0.133. The van der Waals surface area contributed by atoms with E-state index < -0.39 is 56.7 Å². The minimum atomic E-state index is -2.02. The summed E-state index contributed by atoms with van der Waals surface area (Å²) in [6, 6.07) is 0. The third-order valence-electron chi connectivity index (χ3n) is 3.39. The summed E-state index contributed by atoms with van der Waals surface area (Å²) in [7, 11) is 0. The molecule has 0 unspecified atom stereocenters. The molecule has 9 nitrogen and oxygen atoms in total. The van der Waals surface area contributed by atoms with E-state index in [1.54, 1.807) is 0 Å². The minimum Gasteiger partial charge on any atom is -0.467 e. The minimum absolute atomic E-state index is 0.0137. The quantitative estimate of drug-likeness (QED) is 0.258. The normalized spacial score (nSPS) is 19.6. The van der Waals surface area contributed by atoms with Crippen LogP contribution < -0.4 is 26.5 Å². The lowest BCUT2D eigenvalue weighted by Gasteiger charge is -2.22. The van der Waals surface area contributed by atoms with Crippen LogP contribution in [0.4, 0.5) is 0 Å². The van der Waals surface area contributed by atoms with Gasteiger partial charge >= 0.3 is 5.97 Å². The summed E-state index contributed by atoms with van der Waals surface area (Å²) in [6.07, 6.45) is 2.14. The molecule has 0 N–H and O–H groups in total. The summed E-state index contributed by atoms with van der Waals surface area (Å²) in [5.41, 5.74) is -7.50. The van der Waals surface area contributed by atoms with Crippen LogP contribution >= 0.6 is 0 Å². The van der Waals surface area contributed by atoms with Crippen molar-refractivity contribution in [2.24, 2.45) is 0 Å². The average Bonchev–Trinajstić information content (AvgIpc) is 2.56. The van der Waals surface area contributed by atoms with Crippen LogP contribution in [0.3, 0.4) is 0 Å². The van der Waals surface area contributed by atoms with Gasteiger partial charge in [-0.2, -0.15) is 0 Å². The van der Waals surface area contributed by atoms with Gasteiger partial charge in [-0.15, -0.1) is 0 Å². The van der Waals surface area contributed by atoms with Crippen LogP contribution in [0.25, 0.3) is 0 Å². The Morgan fingerprint density at radius 3 is 2.25 bits per heavy atom. The van der Waals surface area contributed by atoms with Gasteiger partial charge in [0, 0.05) is 6.42 Å². The van der Waals surface area contributed by atoms with E-state index in [-0.39, 0.29) is 12.2 Å². The number of benzene rings is 1. The Morgan fingerprint density at radius 1 is 0.917 bits per heavy atom. The molecule has 1 aliphatic carbocycles. The highest BCUT2D eigenvalue weighted by Crippen LogP contribution is 2.22. The van der Waals surface area contributed by atoms with Crippen molar-refractivity contribution >= 4 is 17.5 Å². The van der Waals surface area contributed by atoms with Crippen molar-refractivity contribution in [3.05, 3.63) is 70.4 Å². The molecular formula is C15H6O9. The fourth-order valence-corrected chi connectivity index (χ4v) is 2.21. The molecule has 120 valence electrons. The highest BCUT2D eigenvalue weighted by molar-refractivity contribution is 6.16. The molecule has 0 fully saturated rings. The zero-order valence-electron chi connectivity index (χ0n) is 11.7. The maximum absolute atomic E-state index is 12.3. The second-order valence-electron chi connectivity index (χ2n) is 4.89. The molecule has 0 saturated carbocycles. The third-order valence-corrected chi connectivity index (χ3v) is 3.39. The number of hydrogen-bond donors (Lipinski definition) is 0. The van der Waals surface area contributed by atoms with E-state index in [0.29, 0.717) is 0 Å². The molecule has 3 rings (SSSR count). The average molecular weight is 330 g/mol. The fourth-order valence-electron chi connectivity index (χ4n) is 2.21. The number of esters is 1. The molecule has 0 saturated heterocycles. The summed E-state index contributed by atoms with van der Waals surface area (Å²) in [5.74, 6) is -4.60. The smallest absolute Gasteiger partial charge is 0.361 e. The van der Waals surface area contributed by atoms with Gasteiger partial charge in [0.15, 0.2) is 11.5 Å². The molecule has 24 heavy (non-hydrogen) atoms. The predicted molar refractivity (Wildman–Crippen MR) is 75.6 cm³/mol. The molecule has 0 bridgehead atoms. The van der Waals surface area contributed by atoms with Crippen LogP contribution in [0, 0.1) is 0 Å². The van der Waals surface area contributed by atoms with Crippen LogP contribution in [0.2, 0.25) is 0 Å². The van der Waals surface area contributed by atoms with Crippen LogP contribution in [0.15, 0.2) is 43.2 Å². The number of carbonyl (C=O) groups excluding carboxylic acids is 3.